The van der Waals surface area contributed by atoms with Crippen molar-refractivity contribution in [2.75, 3.05) is 13.1 Å². The van der Waals surface area contributed by atoms with Gasteiger partial charge in [0.2, 0.25) is 6.41 Å². The third-order valence-electron chi connectivity index (χ3n) is 0.892. The summed E-state index contributed by atoms with van der Waals surface area (Å²) in [7, 11) is 0. The Morgan fingerprint density at radius 3 is 2.50 bits per heavy atom. The number of hydrogen-bond donors (Lipinski definition) is 1. The number of carbonyl (C=O) groups is 1. The minimum absolute atomic E-state index is 0.511. The average molecular weight is 140 g/mol. The minimum Gasteiger partial charge on any atom is -0.277 e. The fourth-order valence-corrected chi connectivity index (χ4v) is 0.466. The maximum Gasteiger partial charge on any atom is 0.224 e. The largest absolute Gasteiger partial charge is 0.277 e. The summed E-state index contributed by atoms with van der Waals surface area (Å²) in [6.07, 6.45) is 4.04. The van der Waals surface area contributed by atoms with Gasteiger partial charge in [0, 0.05) is 6.54 Å². The van der Waals surface area contributed by atoms with Crippen molar-refractivity contribution < 1.29 is 4.79 Å². The number of amides is 1. The quantitative estimate of drug-likeness (QED) is 0.327. The van der Waals surface area contributed by atoms with Crippen LogP contribution >= 0.6 is 0 Å². The molecule has 0 fully saturated rings. The van der Waals surface area contributed by atoms with Crippen molar-refractivity contribution in [3.8, 4) is 0 Å². The van der Waals surface area contributed by atoms with Crippen LogP contribution in [-0.4, -0.2) is 24.5 Å². The van der Waals surface area contributed by atoms with E-state index in [2.05, 4.69) is 18.6 Å². The highest BCUT2D eigenvalue weighted by atomic mass is 16.1. The second kappa shape index (κ2) is 6.04. The highest BCUT2D eigenvalue weighted by molar-refractivity contribution is 5.46. The highest BCUT2D eigenvalue weighted by Gasteiger charge is 1.92. The van der Waals surface area contributed by atoms with Crippen molar-refractivity contribution in [1.29, 1.82) is 0 Å². The smallest absolute Gasteiger partial charge is 0.224 e. The molecule has 0 unspecified atom stereocenters. The fraction of sp³-hybridized carbons (Fsp3) is 0.286. The van der Waals surface area contributed by atoms with E-state index in [0.29, 0.717) is 19.5 Å². The number of carbonyl (C=O) groups excluding carboxylic acids is 1. The summed E-state index contributed by atoms with van der Waals surface area (Å²) in [4.78, 5) is 10.2. The van der Waals surface area contributed by atoms with Crippen LogP contribution in [0, 0.1) is 0 Å². The van der Waals surface area contributed by atoms with Gasteiger partial charge in [-0.15, -0.1) is 13.2 Å². The summed E-state index contributed by atoms with van der Waals surface area (Å²) in [5.41, 5.74) is 2.80. The first-order valence-electron chi connectivity index (χ1n) is 3.02. The van der Waals surface area contributed by atoms with Crippen LogP contribution in [0.15, 0.2) is 25.3 Å². The fourth-order valence-electron chi connectivity index (χ4n) is 0.466. The van der Waals surface area contributed by atoms with Gasteiger partial charge in [0.1, 0.15) is 0 Å². The van der Waals surface area contributed by atoms with E-state index in [4.69, 9.17) is 0 Å². The molecule has 0 atom stereocenters. The lowest BCUT2D eigenvalue weighted by molar-refractivity contribution is -0.120. The summed E-state index contributed by atoms with van der Waals surface area (Å²) >= 11 is 0. The van der Waals surface area contributed by atoms with E-state index in [1.54, 1.807) is 12.2 Å². The van der Waals surface area contributed by atoms with Gasteiger partial charge in [-0.05, 0) is 0 Å². The van der Waals surface area contributed by atoms with Gasteiger partial charge in [-0.3, -0.25) is 9.80 Å². The summed E-state index contributed by atoms with van der Waals surface area (Å²) in [6, 6.07) is 0. The second-order valence-electron chi connectivity index (χ2n) is 1.70. The standard InChI is InChI=1S/C7H12N2O/c1-3-5-8-9(7-10)6-4-2/h3-4,7-8H,1-2,5-6H2. The molecule has 0 aliphatic rings. The Hall–Kier alpha value is -1.09. The molecule has 1 amide bonds. The zero-order valence-electron chi connectivity index (χ0n) is 5.92. The maximum absolute atomic E-state index is 10.2. The molecule has 0 aromatic heterocycles. The number of nitrogens with one attached hydrogen (secondary N) is 1. The maximum atomic E-state index is 10.2. The Morgan fingerprint density at radius 2 is 2.10 bits per heavy atom. The molecule has 0 aromatic carbocycles. The molecule has 0 bridgehead atoms. The van der Waals surface area contributed by atoms with E-state index in [-0.39, 0.29) is 0 Å². The van der Waals surface area contributed by atoms with Gasteiger partial charge >= 0.3 is 0 Å². The summed E-state index contributed by atoms with van der Waals surface area (Å²) < 4.78 is 0. The lowest BCUT2D eigenvalue weighted by Gasteiger charge is -2.14. The lowest BCUT2D eigenvalue weighted by atomic mass is 10.6. The molecule has 0 radical (unpaired) electrons. The normalized spacial score (nSPS) is 8.40. The molecule has 1 N–H and O–H groups in total. The molecule has 0 rings (SSSR count). The average Bonchev–Trinajstić information content (AvgIpc) is 1.98. The third-order valence-corrected chi connectivity index (χ3v) is 0.892. The topological polar surface area (TPSA) is 32.3 Å². The zero-order valence-corrected chi connectivity index (χ0v) is 5.92. The predicted octanol–water partition coefficient (Wildman–Crippen LogP) is 0.321. The van der Waals surface area contributed by atoms with E-state index in [1.165, 1.54) is 5.01 Å². The lowest BCUT2D eigenvalue weighted by Crippen LogP contribution is -2.36. The number of hydrogen-bond acceptors (Lipinski definition) is 2. The molecular weight excluding hydrogens is 128 g/mol. The molecule has 3 nitrogen and oxygen atoms in total. The molecule has 56 valence electrons. The first-order chi connectivity index (χ1) is 4.85. The number of nitrogens with zero attached hydrogens (tertiary/aromatic N) is 1. The van der Waals surface area contributed by atoms with Crippen LogP contribution < -0.4 is 5.43 Å². The molecule has 0 aliphatic carbocycles. The Bertz CT molecular complexity index is 123. The van der Waals surface area contributed by atoms with Crippen LogP contribution in [0.2, 0.25) is 0 Å². The van der Waals surface area contributed by atoms with Gasteiger partial charge < -0.3 is 0 Å². The minimum atomic E-state index is 0.511. The molecule has 0 aromatic rings. The Labute approximate surface area is 61.0 Å². The van der Waals surface area contributed by atoms with Crippen LogP contribution in [0.1, 0.15) is 0 Å². The van der Waals surface area contributed by atoms with Crippen molar-refractivity contribution >= 4 is 6.41 Å². The number of rotatable bonds is 6. The van der Waals surface area contributed by atoms with Gasteiger partial charge in [0.15, 0.2) is 0 Å². The first-order valence-corrected chi connectivity index (χ1v) is 3.02. The van der Waals surface area contributed by atoms with Crippen molar-refractivity contribution in [3.05, 3.63) is 25.3 Å². The Morgan fingerprint density at radius 1 is 1.40 bits per heavy atom. The van der Waals surface area contributed by atoms with Gasteiger partial charge in [-0.1, -0.05) is 12.2 Å². The van der Waals surface area contributed by atoms with E-state index >= 15 is 0 Å². The van der Waals surface area contributed by atoms with Gasteiger partial charge in [0.25, 0.3) is 0 Å². The molecule has 0 aliphatic heterocycles. The zero-order chi connectivity index (χ0) is 7.82. The van der Waals surface area contributed by atoms with Gasteiger partial charge in [-0.2, -0.15) is 0 Å². The van der Waals surface area contributed by atoms with Gasteiger partial charge in [-0.25, -0.2) is 5.43 Å². The monoisotopic (exact) mass is 140 g/mol. The summed E-state index contributed by atoms with van der Waals surface area (Å²) in [5.74, 6) is 0. The van der Waals surface area contributed by atoms with Crippen molar-refractivity contribution in [2.45, 2.75) is 0 Å². The molecule has 0 spiro atoms. The van der Waals surface area contributed by atoms with Crippen LogP contribution in [0.3, 0.4) is 0 Å². The Balaban J connectivity index is 3.47. The Kier molecular flexibility index (Phi) is 5.38. The summed E-state index contributed by atoms with van der Waals surface area (Å²) in [5, 5.41) is 1.40. The molecule has 0 saturated carbocycles. The van der Waals surface area contributed by atoms with Crippen molar-refractivity contribution in [2.24, 2.45) is 0 Å². The number of hydrazine groups is 1. The van der Waals surface area contributed by atoms with Crippen molar-refractivity contribution in [3.63, 3.8) is 0 Å². The third kappa shape index (κ3) is 3.86. The first kappa shape index (κ1) is 8.91. The molecular formula is C7H12N2O. The highest BCUT2D eigenvalue weighted by Crippen LogP contribution is 1.75. The predicted molar refractivity (Wildman–Crippen MR) is 41.2 cm³/mol. The molecule has 0 saturated heterocycles. The summed E-state index contributed by atoms with van der Waals surface area (Å²) in [6.45, 7) is 8.09. The molecule has 10 heavy (non-hydrogen) atoms. The van der Waals surface area contributed by atoms with E-state index in [9.17, 15) is 4.79 Å². The van der Waals surface area contributed by atoms with Crippen molar-refractivity contribution in [1.82, 2.24) is 10.4 Å². The van der Waals surface area contributed by atoms with E-state index in [0.717, 1.165) is 0 Å². The van der Waals surface area contributed by atoms with Crippen LogP contribution in [0.4, 0.5) is 0 Å². The van der Waals surface area contributed by atoms with E-state index < -0.39 is 0 Å². The SMILES string of the molecule is C=CCNN(C=O)CC=C. The molecule has 0 heterocycles. The second-order valence-corrected chi connectivity index (χ2v) is 1.70. The van der Waals surface area contributed by atoms with Crippen LogP contribution in [0.25, 0.3) is 0 Å². The molecule has 3 heteroatoms. The van der Waals surface area contributed by atoms with E-state index in [1.807, 2.05) is 0 Å². The van der Waals surface area contributed by atoms with Crippen LogP contribution in [-0.2, 0) is 4.79 Å². The van der Waals surface area contributed by atoms with Crippen LogP contribution in [0.5, 0.6) is 0 Å². The van der Waals surface area contributed by atoms with Gasteiger partial charge in [0.05, 0.1) is 6.54 Å².